The molecule has 1 rings (SSSR count). The number of hydrogen-bond acceptors (Lipinski definition) is 3. The van der Waals surface area contributed by atoms with Crippen molar-refractivity contribution in [3.63, 3.8) is 0 Å². The maximum atomic E-state index is 11.4. The van der Waals surface area contributed by atoms with Gasteiger partial charge < -0.3 is 15.0 Å². The van der Waals surface area contributed by atoms with Crippen molar-refractivity contribution in [1.29, 1.82) is 0 Å². The van der Waals surface area contributed by atoms with Gasteiger partial charge in [0.25, 0.3) is 16.3 Å². The minimum Gasteiger partial charge on any atom is -0.466 e. The van der Waals surface area contributed by atoms with Gasteiger partial charge in [-0.05, 0) is 12.8 Å². The monoisotopic (exact) mass is 228 g/mol. The predicted octanol–water partition coefficient (Wildman–Crippen LogP) is -0.686. The van der Waals surface area contributed by atoms with E-state index >= 15 is 0 Å². The molecule has 0 aromatic rings. The van der Waals surface area contributed by atoms with Gasteiger partial charge in [-0.1, -0.05) is 0 Å². The SMILES string of the molecule is CC(=O)NC1CCCN(C(=O)O[CH2][AlH2])C1. The van der Waals surface area contributed by atoms with E-state index in [0.29, 0.717) is 12.0 Å². The van der Waals surface area contributed by atoms with Crippen LogP contribution in [0.5, 0.6) is 0 Å². The molecule has 0 bridgehead atoms. The van der Waals surface area contributed by atoms with Crippen molar-refractivity contribution in [1.82, 2.24) is 10.2 Å². The number of rotatable bonds is 2. The van der Waals surface area contributed by atoms with Gasteiger partial charge in [0.05, 0.1) is 0 Å². The molecule has 0 spiro atoms. The summed E-state index contributed by atoms with van der Waals surface area (Å²) >= 11 is 0.861. The van der Waals surface area contributed by atoms with Gasteiger partial charge >= 0.3 is 6.09 Å². The second-order valence-corrected chi connectivity index (χ2v) is 4.26. The fourth-order valence-electron chi connectivity index (χ4n) is 1.76. The fourth-order valence-corrected chi connectivity index (χ4v) is 2.01. The summed E-state index contributed by atoms with van der Waals surface area (Å²) in [6.07, 6.45) is 1.60. The smallest absolute Gasteiger partial charge is 0.408 e. The van der Waals surface area contributed by atoms with Crippen LogP contribution in [0.4, 0.5) is 4.79 Å². The lowest BCUT2D eigenvalue weighted by atomic mass is 10.1. The standard InChI is InChI=1S/C9H15N2O3.Al.2H/c1-7(12)10-8-4-3-5-11(6-8)9(13)14-2;;;/h8H,2-6H2,1H3,(H,10,12);;;. The Bertz CT molecular complexity index is 248. The Morgan fingerprint density at radius 1 is 1.60 bits per heavy atom. The molecule has 1 saturated heterocycles. The van der Waals surface area contributed by atoms with Crippen molar-refractivity contribution in [2.75, 3.05) is 18.6 Å². The largest absolute Gasteiger partial charge is 0.466 e. The molecule has 5 nitrogen and oxygen atoms in total. The molecule has 0 aromatic heterocycles. The molecule has 1 atom stereocenters. The number of carbonyl (C=O) groups excluding carboxylic acids is 2. The molecule has 2 amide bonds. The van der Waals surface area contributed by atoms with Crippen molar-refractivity contribution >= 4 is 28.3 Å². The van der Waals surface area contributed by atoms with Gasteiger partial charge in [0.2, 0.25) is 5.91 Å². The Balaban J connectivity index is 2.41. The fraction of sp³-hybridized carbons (Fsp3) is 0.778. The van der Waals surface area contributed by atoms with E-state index in [1.54, 1.807) is 4.90 Å². The van der Waals surface area contributed by atoms with E-state index in [1.165, 1.54) is 6.92 Å². The third kappa shape index (κ3) is 4.10. The Morgan fingerprint density at radius 3 is 2.93 bits per heavy atom. The Morgan fingerprint density at radius 2 is 2.33 bits per heavy atom. The number of nitrogens with one attached hydrogen (secondary N) is 1. The Kier molecular flexibility index (Phi) is 4.93. The first kappa shape index (κ1) is 12.3. The molecule has 1 unspecified atom stereocenters. The van der Waals surface area contributed by atoms with Crippen molar-refractivity contribution in [2.45, 2.75) is 25.8 Å². The molecular weight excluding hydrogens is 211 g/mol. The number of likely N-dealkylation sites (tertiary alicyclic amines) is 1. The van der Waals surface area contributed by atoms with E-state index in [1.807, 2.05) is 0 Å². The summed E-state index contributed by atoms with van der Waals surface area (Å²) in [6.45, 7) is 2.80. The van der Waals surface area contributed by atoms with E-state index in [9.17, 15) is 9.59 Å². The topological polar surface area (TPSA) is 58.6 Å². The second-order valence-electron chi connectivity index (χ2n) is 3.68. The molecule has 0 saturated carbocycles. The Hall–Kier alpha value is -0.728. The summed E-state index contributed by atoms with van der Waals surface area (Å²) < 4.78 is 4.97. The van der Waals surface area contributed by atoms with Crippen molar-refractivity contribution in [3.05, 3.63) is 0 Å². The minimum absolute atomic E-state index is 0.0434. The zero-order valence-corrected chi connectivity index (χ0v) is 11.3. The summed E-state index contributed by atoms with van der Waals surface area (Å²) in [4.78, 5) is 24.0. The first-order valence-electron chi connectivity index (χ1n) is 5.32. The van der Waals surface area contributed by atoms with Gasteiger partial charge in [-0.15, -0.1) is 0 Å². The average molecular weight is 228 g/mol. The van der Waals surface area contributed by atoms with Crippen LogP contribution >= 0.6 is 0 Å². The summed E-state index contributed by atoms with van der Waals surface area (Å²) in [5.74, 6) is -0.0434. The summed E-state index contributed by atoms with van der Waals surface area (Å²) in [5.41, 5.74) is 0.528. The number of piperidine rings is 1. The Labute approximate surface area is 97.6 Å². The van der Waals surface area contributed by atoms with E-state index in [0.717, 1.165) is 35.7 Å². The molecule has 6 heteroatoms. The number of nitrogens with zero attached hydrogens (tertiary/aromatic N) is 1. The molecule has 15 heavy (non-hydrogen) atoms. The van der Waals surface area contributed by atoms with Crippen molar-refractivity contribution < 1.29 is 14.3 Å². The van der Waals surface area contributed by atoms with Gasteiger partial charge in [0, 0.05) is 31.5 Å². The molecule has 1 fully saturated rings. The lowest BCUT2D eigenvalue weighted by Gasteiger charge is -2.32. The van der Waals surface area contributed by atoms with Crippen LogP contribution in [-0.4, -0.2) is 57.8 Å². The summed E-state index contributed by atoms with van der Waals surface area (Å²) in [5, 5.41) is 2.83. The third-order valence-electron chi connectivity index (χ3n) is 2.35. The van der Waals surface area contributed by atoms with Crippen LogP contribution in [0.15, 0.2) is 0 Å². The van der Waals surface area contributed by atoms with Gasteiger partial charge in [-0.2, -0.15) is 0 Å². The van der Waals surface area contributed by atoms with Crippen LogP contribution in [0.25, 0.3) is 0 Å². The molecule has 0 radical (unpaired) electrons. The van der Waals surface area contributed by atoms with Crippen molar-refractivity contribution in [3.8, 4) is 0 Å². The molecular formula is C9H17AlN2O3. The highest BCUT2D eigenvalue weighted by Gasteiger charge is 2.24. The molecule has 1 N–H and O–H groups in total. The molecule has 1 heterocycles. The van der Waals surface area contributed by atoms with Crippen LogP contribution in [0, 0.1) is 0 Å². The highest BCUT2D eigenvalue weighted by Crippen LogP contribution is 2.10. The summed E-state index contributed by atoms with van der Waals surface area (Å²) in [6, 6.07) is 0.0814. The van der Waals surface area contributed by atoms with Gasteiger partial charge in [0.1, 0.15) is 0 Å². The lowest BCUT2D eigenvalue weighted by molar-refractivity contribution is -0.120. The predicted molar refractivity (Wildman–Crippen MR) is 58.3 cm³/mol. The zero-order chi connectivity index (χ0) is 11.3. The third-order valence-corrected chi connectivity index (χ3v) is 2.64. The lowest BCUT2D eigenvalue weighted by Crippen LogP contribution is -2.49. The maximum absolute atomic E-state index is 11.4. The van der Waals surface area contributed by atoms with Crippen LogP contribution in [0.3, 0.4) is 0 Å². The quantitative estimate of drug-likeness (QED) is 0.637. The minimum atomic E-state index is -0.250. The zero-order valence-electron chi connectivity index (χ0n) is 9.28. The molecule has 84 valence electrons. The normalized spacial score (nSPS) is 20.9. The van der Waals surface area contributed by atoms with E-state index in [-0.39, 0.29) is 18.0 Å². The van der Waals surface area contributed by atoms with E-state index < -0.39 is 0 Å². The average Bonchev–Trinajstić information content (AvgIpc) is 2.17. The molecule has 1 aliphatic heterocycles. The highest BCUT2D eigenvalue weighted by molar-refractivity contribution is 6.08. The molecule has 1 aliphatic rings. The maximum Gasteiger partial charge on any atom is 0.408 e. The highest BCUT2D eigenvalue weighted by atomic mass is 27.0. The number of amides is 2. The second kappa shape index (κ2) is 5.99. The van der Waals surface area contributed by atoms with E-state index in [2.05, 4.69) is 5.32 Å². The van der Waals surface area contributed by atoms with Crippen LogP contribution < -0.4 is 5.32 Å². The van der Waals surface area contributed by atoms with E-state index in [4.69, 9.17) is 4.74 Å². The van der Waals surface area contributed by atoms with Gasteiger partial charge in [-0.25, -0.2) is 4.79 Å². The molecule has 0 aromatic carbocycles. The first-order valence-corrected chi connectivity index (χ1v) is 6.73. The van der Waals surface area contributed by atoms with Crippen LogP contribution in [0.2, 0.25) is 0 Å². The summed E-state index contributed by atoms with van der Waals surface area (Å²) in [7, 11) is 0. The van der Waals surface area contributed by atoms with Crippen molar-refractivity contribution in [2.24, 2.45) is 0 Å². The number of ether oxygens (including phenoxy) is 1. The first-order chi connectivity index (χ1) is 7.13. The molecule has 0 aliphatic carbocycles. The van der Waals surface area contributed by atoms with Crippen LogP contribution in [-0.2, 0) is 9.53 Å². The van der Waals surface area contributed by atoms with Gasteiger partial charge in [-0.3, -0.25) is 4.79 Å². The number of hydrogen-bond donors (Lipinski definition) is 1. The van der Waals surface area contributed by atoms with Crippen LogP contribution in [0.1, 0.15) is 19.8 Å². The van der Waals surface area contributed by atoms with Gasteiger partial charge in [0.15, 0.2) is 0 Å². The number of carbonyl (C=O) groups is 2.